The number of aliphatic carboxylic acids is 1. The third kappa shape index (κ3) is 4.12. The van der Waals surface area contributed by atoms with Crippen LogP contribution >= 0.6 is 0 Å². The first-order valence-corrected chi connectivity index (χ1v) is 8.73. The van der Waals surface area contributed by atoms with E-state index in [2.05, 4.69) is 10.6 Å². The fourth-order valence-corrected chi connectivity index (χ4v) is 3.23. The number of benzene rings is 2. The molecule has 0 fully saturated rings. The Balaban J connectivity index is 1.55. The Kier molecular flexibility index (Phi) is 5.90. The number of aliphatic hydroxyl groups excluding tert-OH is 1. The summed E-state index contributed by atoms with van der Waals surface area (Å²) in [5, 5.41) is 22.0. The monoisotopic (exact) mass is 384 g/mol. The Morgan fingerprint density at radius 1 is 1.00 bits per heavy atom. The molecule has 0 bridgehead atoms. The molecule has 2 aromatic rings. The molecular weight excluding hydrogens is 364 g/mol. The molecule has 3 rings (SSSR count). The topological polar surface area (TPSA) is 125 Å². The fourth-order valence-electron chi connectivity index (χ4n) is 3.23. The molecule has 0 saturated carbocycles. The van der Waals surface area contributed by atoms with Crippen LogP contribution in [0.5, 0.6) is 0 Å². The summed E-state index contributed by atoms with van der Waals surface area (Å²) < 4.78 is 5.27. The van der Waals surface area contributed by atoms with Gasteiger partial charge in [-0.2, -0.15) is 0 Å². The van der Waals surface area contributed by atoms with Gasteiger partial charge in [-0.25, -0.2) is 9.59 Å². The van der Waals surface area contributed by atoms with Crippen molar-refractivity contribution in [2.24, 2.45) is 0 Å². The van der Waals surface area contributed by atoms with Crippen LogP contribution in [0.3, 0.4) is 0 Å². The molecule has 0 saturated heterocycles. The van der Waals surface area contributed by atoms with Gasteiger partial charge in [0.2, 0.25) is 5.91 Å². The summed E-state index contributed by atoms with van der Waals surface area (Å²) in [6.45, 7) is -1.09. The largest absolute Gasteiger partial charge is 0.480 e. The molecule has 2 amide bonds. The summed E-state index contributed by atoms with van der Waals surface area (Å²) in [5.41, 5.74) is 4.35. The van der Waals surface area contributed by atoms with Crippen LogP contribution in [0.2, 0.25) is 0 Å². The molecule has 0 radical (unpaired) electrons. The molecule has 146 valence electrons. The standard InChI is InChI=1S/C20H20N2O6/c23-10-17(19(25)26)22-18(24)9-21-20(27)28-11-16-14-7-3-1-5-12(14)13-6-2-4-8-15(13)16/h1-8,16-17,23H,9-11H2,(H,21,27)(H,22,24)(H,25,26)/t17-/m0/s1. The second kappa shape index (κ2) is 8.53. The number of carbonyl (C=O) groups is 3. The van der Waals surface area contributed by atoms with Gasteiger partial charge >= 0.3 is 12.1 Å². The average molecular weight is 384 g/mol. The van der Waals surface area contributed by atoms with Crippen LogP contribution in [0, 0.1) is 0 Å². The molecule has 0 aromatic heterocycles. The van der Waals surface area contributed by atoms with Crippen LogP contribution < -0.4 is 10.6 Å². The molecule has 1 aliphatic rings. The van der Waals surface area contributed by atoms with Crippen molar-refractivity contribution < 1.29 is 29.3 Å². The number of carboxylic acids is 1. The SMILES string of the molecule is O=C(CNC(=O)OCC1c2ccccc2-c2ccccc21)N[C@@H](CO)C(=O)O. The first-order valence-electron chi connectivity index (χ1n) is 8.73. The smallest absolute Gasteiger partial charge is 0.407 e. The molecule has 0 spiro atoms. The van der Waals surface area contributed by atoms with E-state index in [9.17, 15) is 14.4 Å². The third-order valence-electron chi connectivity index (χ3n) is 4.55. The van der Waals surface area contributed by atoms with Gasteiger partial charge in [-0.1, -0.05) is 48.5 Å². The van der Waals surface area contributed by atoms with Crippen LogP contribution in [-0.4, -0.2) is 54.0 Å². The van der Waals surface area contributed by atoms with E-state index in [1.807, 2.05) is 48.5 Å². The fraction of sp³-hybridized carbons (Fsp3) is 0.250. The highest BCUT2D eigenvalue weighted by molar-refractivity contribution is 5.86. The Morgan fingerprint density at radius 2 is 1.57 bits per heavy atom. The number of amides is 2. The zero-order chi connectivity index (χ0) is 20.1. The van der Waals surface area contributed by atoms with E-state index in [-0.39, 0.29) is 12.5 Å². The van der Waals surface area contributed by atoms with E-state index in [4.69, 9.17) is 14.9 Å². The highest BCUT2D eigenvalue weighted by Crippen LogP contribution is 2.44. The summed E-state index contributed by atoms with van der Waals surface area (Å²) in [5.74, 6) is -2.20. The second-order valence-electron chi connectivity index (χ2n) is 6.32. The van der Waals surface area contributed by atoms with Gasteiger partial charge < -0.3 is 25.6 Å². The van der Waals surface area contributed by atoms with E-state index in [0.717, 1.165) is 22.3 Å². The number of carboxylic acid groups (broad SMARTS) is 1. The lowest BCUT2D eigenvalue weighted by atomic mass is 9.98. The van der Waals surface area contributed by atoms with Gasteiger partial charge in [-0.05, 0) is 22.3 Å². The quantitative estimate of drug-likeness (QED) is 0.566. The van der Waals surface area contributed by atoms with Crippen molar-refractivity contribution in [3.05, 3.63) is 59.7 Å². The number of nitrogens with one attached hydrogen (secondary N) is 2. The lowest BCUT2D eigenvalue weighted by Crippen LogP contribution is -2.47. The second-order valence-corrected chi connectivity index (χ2v) is 6.32. The Hall–Kier alpha value is -3.39. The number of ether oxygens (including phenoxy) is 1. The zero-order valence-corrected chi connectivity index (χ0v) is 14.9. The summed E-state index contributed by atoms with van der Waals surface area (Å²) in [6.07, 6.45) is -0.784. The minimum Gasteiger partial charge on any atom is -0.480 e. The predicted molar refractivity (Wildman–Crippen MR) is 99.7 cm³/mol. The summed E-state index contributed by atoms with van der Waals surface area (Å²) in [6, 6.07) is 14.4. The van der Waals surface area contributed by atoms with Crippen LogP contribution in [0.15, 0.2) is 48.5 Å². The van der Waals surface area contributed by atoms with Crippen molar-refractivity contribution in [2.45, 2.75) is 12.0 Å². The Morgan fingerprint density at radius 3 is 2.11 bits per heavy atom. The zero-order valence-electron chi connectivity index (χ0n) is 14.9. The lowest BCUT2D eigenvalue weighted by Gasteiger charge is -2.15. The molecular formula is C20H20N2O6. The Bertz CT molecular complexity index is 852. The van der Waals surface area contributed by atoms with Gasteiger partial charge in [-0.15, -0.1) is 0 Å². The van der Waals surface area contributed by atoms with Gasteiger partial charge in [0, 0.05) is 5.92 Å². The number of fused-ring (bicyclic) bond motifs is 3. The van der Waals surface area contributed by atoms with Crippen molar-refractivity contribution in [2.75, 3.05) is 19.8 Å². The first kappa shape index (κ1) is 19.4. The van der Waals surface area contributed by atoms with Gasteiger partial charge in [0.05, 0.1) is 6.61 Å². The van der Waals surface area contributed by atoms with Crippen LogP contribution in [0.25, 0.3) is 11.1 Å². The molecule has 0 heterocycles. The molecule has 8 nitrogen and oxygen atoms in total. The van der Waals surface area contributed by atoms with Crippen molar-refractivity contribution in [3.8, 4) is 11.1 Å². The number of hydrogen-bond acceptors (Lipinski definition) is 5. The van der Waals surface area contributed by atoms with Crippen LogP contribution in [0.1, 0.15) is 17.0 Å². The summed E-state index contributed by atoms with van der Waals surface area (Å²) >= 11 is 0. The lowest BCUT2D eigenvalue weighted by molar-refractivity contribution is -0.142. The van der Waals surface area contributed by atoms with Crippen molar-refractivity contribution in [1.29, 1.82) is 0 Å². The van der Waals surface area contributed by atoms with E-state index in [1.165, 1.54) is 0 Å². The van der Waals surface area contributed by atoms with Crippen molar-refractivity contribution in [1.82, 2.24) is 10.6 Å². The maximum Gasteiger partial charge on any atom is 0.407 e. The molecule has 0 aliphatic heterocycles. The van der Waals surface area contributed by atoms with Gasteiger partial charge in [-0.3, -0.25) is 4.79 Å². The molecule has 8 heteroatoms. The molecule has 28 heavy (non-hydrogen) atoms. The molecule has 2 aromatic carbocycles. The number of aliphatic hydroxyl groups is 1. The van der Waals surface area contributed by atoms with E-state index in [0.29, 0.717) is 0 Å². The molecule has 1 atom stereocenters. The van der Waals surface area contributed by atoms with Crippen molar-refractivity contribution >= 4 is 18.0 Å². The normalized spacial score (nSPS) is 13.2. The molecule has 0 unspecified atom stereocenters. The molecule has 4 N–H and O–H groups in total. The van der Waals surface area contributed by atoms with E-state index >= 15 is 0 Å². The maximum absolute atomic E-state index is 11.9. The van der Waals surface area contributed by atoms with Crippen LogP contribution in [-0.2, 0) is 14.3 Å². The minimum absolute atomic E-state index is 0.0993. The highest BCUT2D eigenvalue weighted by atomic mass is 16.5. The van der Waals surface area contributed by atoms with Gasteiger partial charge in [0.15, 0.2) is 0 Å². The number of carbonyl (C=O) groups excluding carboxylic acids is 2. The molecule has 1 aliphatic carbocycles. The van der Waals surface area contributed by atoms with E-state index in [1.54, 1.807) is 0 Å². The van der Waals surface area contributed by atoms with Gasteiger partial charge in [0.1, 0.15) is 19.2 Å². The van der Waals surface area contributed by atoms with E-state index < -0.39 is 37.2 Å². The average Bonchev–Trinajstić information content (AvgIpc) is 3.02. The van der Waals surface area contributed by atoms with Crippen LogP contribution in [0.4, 0.5) is 4.79 Å². The number of rotatable bonds is 7. The van der Waals surface area contributed by atoms with Gasteiger partial charge in [0.25, 0.3) is 0 Å². The van der Waals surface area contributed by atoms with Crippen molar-refractivity contribution in [3.63, 3.8) is 0 Å². The highest BCUT2D eigenvalue weighted by Gasteiger charge is 2.29. The minimum atomic E-state index is -1.42. The first-order chi connectivity index (χ1) is 13.5. The number of alkyl carbamates (subject to hydrolysis) is 1. The Labute approximate surface area is 161 Å². The third-order valence-corrected chi connectivity index (χ3v) is 4.55. The predicted octanol–water partition coefficient (Wildman–Crippen LogP) is 1.09. The maximum atomic E-state index is 11.9. The number of hydrogen-bond donors (Lipinski definition) is 4. The summed E-state index contributed by atoms with van der Waals surface area (Å²) in [4.78, 5) is 34.4. The summed E-state index contributed by atoms with van der Waals surface area (Å²) in [7, 11) is 0.